The Hall–Kier alpha value is -2.19. The molecule has 0 aliphatic rings. The lowest BCUT2D eigenvalue weighted by atomic mass is 9.76. The monoisotopic (exact) mass is 551 g/mol. The third-order valence-corrected chi connectivity index (χ3v) is 7.03. The smallest absolute Gasteiger partial charge is 0.331 e. The number of nitrogens with zero attached hydrogens (tertiary/aromatic N) is 1. The molecule has 8 heteroatoms. The zero-order chi connectivity index (χ0) is 27.3. The van der Waals surface area contributed by atoms with Gasteiger partial charge in [0.2, 0.25) is 11.8 Å². The van der Waals surface area contributed by atoms with E-state index in [9.17, 15) is 19.5 Å². The molecule has 35 heavy (non-hydrogen) atoms. The summed E-state index contributed by atoms with van der Waals surface area (Å²) in [6.07, 6.45) is 1.60. The molecule has 0 saturated carbocycles. The van der Waals surface area contributed by atoms with Crippen molar-refractivity contribution >= 4 is 33.7 Å². The fourth-order valence-electron chi connectivity index (χ4n) is 4.17. The average molecular weight is 553 g/mol. The van der Waals surface area contributed by atoms with Crippen LogP contribution in [0.15, 0.2) is 40.4 Å². The Morgan fingerprint density at radius 3 is 1.94 bits per heavy atom. The van der Waals surface area contributed by atoms with E-state index in [0.717, 1.165) is 10.0 Å². The molecule has 0 bridgehead atoms. The standard InChI is InChI=1S/C27H42BrN3O4/c1-16(2)20(15-17(3)25(34)35)31(10)24(33)22(26(4,5)6)30-23(32)21(29-9)27(7,8)18-11-13-19(28)14-12-18/h11-16,20-22,29H,1-10H3,(H,30,32)(H,34,35)/b17-15+/t20-,21?,22-/m1/s1. The van der Waals surface area contributed by atoms with Gasteiger partial charge in [-0.25, -0.2) is 4.79 Å². The van der Waals surface area contributed by atoms with Gasteiger partial charge in [0.1, 0.15) is 6.04 Å². The summed E-state index contributed by atoms with van der Waals surface area (Å²) in [7, 11) is 3.39. The molecule has 0 radical (unpaired) electrons. The minimum atomic E-state index is -1.02. The molecule has 196 valence electrons. The quantitative estimate of drug-likeness (QED) is 0.375. The number of carboxylic acids is 1. The van der Waals surface area contributed by atoms with Crippen molar-refractivity contribution in [1.29, 1.82) is 0 Å². The summed E-state index contributed by atoms with van der Waals surface area (Å²) in [4.78, 5) is 40.2. The summed E-state index contributed by atoms with van der Waals surface area (Å²) in [5.74, 6) is -1.59. The number of carboxylic acid groups (broad SMARTS) is 1. The van der Waals surface area contributed by atoms with E-state index >= 15 is 0 Å². The van der Waals surface area contributed by atoms with Gasteiger partial charge in [-0.3, -0.25) is 9.59 Å². The molecule has 0 aliphatic heterocycles. The van der Waals surface area contributed by atoms with Crippen molar-refractivity contribution in [1.82, 2.24) is 15.5 Å². The SMILES string of the molecule is CNC(C(=O)N[C@H](C(=O)N(C)[C@H](/C=C(\C)C(=O)O)C(C)C)C(C)(C)C)C(C)(C)c1ccc(Br)cc1. The number of hydrogen-bond donors (Lipinski definition) is 3. The molecule has 0 fully saturated rings. The van der Waals surface area contributed by atoms with Crippen molar-refractivity contribution in [2.45, 2.75) is 78.9 Å². The first-order valence-corrected chi connectivity index (χ1v) is 12.7. The second-order valence-corrected chi connectivity index (χ2v) is 12.0. The molecule has 7 nitrogen and oxygen atoms in total. The molecule has 0 aliphatic carbocycles. The molecule has 0 saturated heterocycles. The van der Waals surface area contributed by atoms with Gasteiger partial charge in [0.25, 0.3) is 0 Å². The fraction of sp³-hybridized carbons (Fsp3) is 0.593. The number of likely N-dealkylation sites (N-methyl/N-ethyl adjacent to an activating group) is 2. The second kappa shape index (κ2) is 12.2. The summed E-state index contributed by atoms with van der Waals surface area (Å²) in [5, 5.41) is 15.5. The topological polar surface area (TPSA) is 98.7 Å². The highest BCUT2D eigenvalue weighted by molar-refractivity contribution is 9.10. The fourth-order valence-corrected chi connectivity index (χ4v) is 4.43. The van der Waals surface area contributed by atoms with Gasteiger partial charge in [0, 0.05) is 22.5 Å². The van der Waals surface area contributed by atoms with Gasteiger partial charge in [-0.05, 0) is 43.0 Å². The Bertz CT molecular complexity index is 933. The molecule has 1 aromatic carbocycles. The van der Waals surface area contributed by atoms with Crippen molar-refractivity contribution in [2.24, 2.45) is 11.3 Å². The lowest BCUT2D eigenvalue weighted by molar-refractivity contribution is -0.141. The van der Waals surface area contributed by atoms with Crippen LogP contribution in [0.2, 0.25) is 0 Å². The summed E-state index contributed by atoms with van der Waals surface area (Å²) >= 11 is 3.45. The van der Waals surface area contributed by atoms with Crippen LogP contribution < -0.4 is 10.6 Å². The number of rotatable bonds is 10. The second-order valence-electron chi connectivity index (χ2n) is 11.1. The first-order chi connectivity index (χ1) is 15.9. The van der Waals surface area contributed by atoms with Crippen LogP contribution in [-0.4, -0.2) is 60.0 Å². The van der Waals surface area contributed by atoms with Crippen LogP contribution in [0.3, 0.4) is 0 Å². The maximum absolute atomic E-state index is 13.7. The zero-order valence-corrected chi connectivity index (χ0v) is 24.3. The first-order valence-electron chi connectivity index (χ1n) is 11.9. The van der Waals surface area contributed by atoms with Crippen LogP contribution in [0.5, 0.6) is 0 Å². The van der Waals surface area contributed by atoms with Gasteiger partial charge in [0.15, 0.2) is 0 Å². The average Bonchev–Trinajstić information content (AvgIpc) is 2.74. The molecule has 1 rings (SSSR count). The maximum Gasteiger partial charge on any atom is 0.331 e. The third kappa shape index (κ3) is 7.90. The highest BCUT2D eigenvalue weighted by Gasteiger charge is 2.41. The van der Waals surface area contributed by atoms with Gasteiger partial charge in [0.05, 0.1) is 12.1 Å². The molecule has 0 spiro atoms. The molecule has 3 atom stereocenters. The Morgan fingerprint density at radius 1 is 1.03 bits per heavy atom. The molecular weight excluding hydrogens is 510 g/mol. The molecule has 1 unspecified atom stereocenters. The third-order valence-electron chi connectivity index (χ3n) is 6.50. The van der Waals surface area contributed by atoms with Crippen LogP contribution >= 0.6 is 15.9 Å². The summed E-state index contributed by atoms with van der Waals surface area (Å²) in [5.41, 5.74) is 0.0265. The summed E-state index contributed by atoms with van der Waals surface area (Å²) in [6.45, 7) is 15.1. The number of carbonyl (C=O) groups excluding carboxylic acids is 2. The van der Waals surface area contributed by atoms with Crippen molar-refractivity contribution in [3.63, 3.8) is 0 Å². The number of aliphatic carboxylic acids is 1. The highest BCUT2D eigenvalue weighted by atomic mass is 79.9. The van der Waals surface area contributed by atoms with Crippen LogP contribution in [0, 0.1) is 11.3 Å². The Labute approximate surface area is 218 Å². The Balaban J connectivity index is 3.30. The van der Waals surface area contributed by atoms with Crippen LogP contribution in [0.4, 0.5) is 0 Å². The number of amides is 2. The maximum atomic E-state index is 13.7. The van der Waals surface area contributed by atoms with Gasteiger partial charge >= 0.3 is 5.97 Å². The molecule has 3 N–H and O–H groups in total. The first kappa shape index (κ1) is 30.8. The Kier molecular flexibility index (Phi) is 10.7. The van der Waals surface area contributed by atoms with E-state index in [0.29, 0.717) is 0 Å². The predicted octanol–water partition coefficient (Wildman–Crippen LogP) is 4.36. The van der Waals surface area contributed by atoms with E-state index in [4.69, 9.17) is 0 Å². The van der Waals surface area contributed by atoms with Crippen molar-refractivity contribution in [2.75, 3.05) is 14.1 Å². The van der Waals surface area contributed by atoms with Crippen LogP contribution in [0.25, 0.3) is 0 Å². The van der Waals surface area contributed by atoms with Gasteiger partial charge < -0.3 is 20.6 Å². The van der Waals surface area contributed by atoms with E-state index in [1.807, 2.05) is 72.7 Å². The van der Waals surface area contributed by atoms with E-state index in [1.165, 1.54) is 6.92 Å². The lowest BCUT2D eigenvalue weighted by Gasteiger charge is -2.40. The molecule has 0 aromatic heterocycles. The van der Waals surface area contributed by atoms with Crippen molar-refractivity contribution in [3.8, 4) is 0 Å². The van der Waals surface area contributed by atoms with E-state index < -0.39 is 34.9 Å². The molecule has 2 amide bonds. The number of hydrogen-bond acceptors (Lipinski definition) is 4. The van der Waals surface area contributed by atoms with Gasteiger partial charge in [-0.2, -0.15) is 0 Å². The van der Waals surface area contributed by atoms with Gasteiger partial charge in [-0.1, -0.05) is 82.6 Å². The molecular formula is C27H42BrN3O4. The minimum Gasteiger partial charge on any atom is -0.478 e. The predicted molar refractivity (Wildman–Crippen MR) is 144 cm³/mol. The van der Waals surface area contributed by atoms with E-state index in [2.05, 4.69) is 26.6 Å². The van der Waals surface area contributed by atoms with Crippen molar-refractivity contribution in [3.05, 3.63) is 46.0 Å². The van der Waals surface area contributed by atoms with Crippen LogP contribution in [-0.2, 0) is 19.8 Å². The molecule has 0 heterocycles. The summed E-state index contributed by atoms with van der Waals surface area (Å²) < 4.78 is 0.954. The lowest BCUT2D eigenvalue weighted by Crippen LogP contribution is -2.61. The van der Waals surface area contributed by atoms with E-state index in [-0.39, 0.29) is 23.3 Å². The highest BCUT2D eigenvalue weighted by Crippen LogP contribution is 2.30. The van der Waals surface area contributed by atoms with Crippen molar-refractivity contribution < 1.29 is 19.5 Å². The number of halogens is 1. The molecule has 1 aromatic rings. The normalized spacial score (nSPS) is 15.4. The van der Waals surface area contributed by atoms with Crippen LogP contribution in [0.1, 0.15) is 61.0 Å². The van der Waals surface area contributed by atoms with Gasteiger partial charge in [-0.15, -0.1) is 0 Å². The minimum absolute atomic E-state index is 0.0176. The number of benzene rings is 1. The largest absolute Gasteiger partial charge is 0.478 e. The number of carbonyl (C=O) groups is 3. The van der Waals surface area contributed by atoms with E-state index in [1.54, 1.807) is 25.1 Å². The summed E-state index contributed by atoms with van der Waals surface area (Å²) in [6, 6.07) is 6.00. The zero-order valence-electron chi connectivity index (χ0n) is 22.7. The number of nitrogens with one attached hydrogen (secondary N) is 2. The Morgan fingerprint density at radius 2 is 1.54 bits per heavy atom.